The monoisotopic (exact) mass is 254 g/mol. The van der Waals surface area contributed by atoms with E-state index in [9.17, 15) is 14.7 Å². The quantitative estimate of drug-likeness (QED) is 0.734. The van der Waals surface area contributed by atoms with Gasteiger partial charge in [-0.2, -0.15) is 0 Å². The Morgan fingerprint density at radius 2 is 1.78 bits per heavy atom. The van der Waals surface area contributed by atoms with E-state index in [0.29, 0.717) is 25.9 Å². The van der Waals surface area contributed by atoms with Crippen LogP contribution in [-0.4, -0.2) is 35.7 Å². The van der Waals surface area contributed by atoms with Gasteiger partial charge < -0.3 is 19.5 Å². The Balaban J connectivity index is 1.82. The number of ether oxygens (including phenoxy) is 1. The van der Waals surface area contributed by atoms with Crippen molar-refractivity contribution in [1.82, 2.24) is 4.90 Å². The summed E-state index contributed by atoms with van der Waals surface area (Å²) < 4.78 is 5.56. The highest BCUT2D eigenvalue weighted by atomic mass is 16.6. The zero-order chi connectivity index (χ0) is 13.2. The lowest BCUT2D eigenvalue weighted by Crippen LogP contribution is -2.45. The van der Waals surface area contributed by atoms with Gasteiger partial charge >= 0.3 is 6.09 Å². The third-order valence-corrected chi connectivity index (χ3v) is 4.08. The van der Waals surface area contributed by atoms with Gasteiger partial charge in [0.15, 0.2) is 0 Å². The van der Waals surface area contributed by atoms with Crippen LogP contribution in [0.1, 0.15) is 45.4 Å². The molecule has 2 fully saturated rings. The topological polar surface area (TPSA) is 69.7 Å². The molecule has 2 aliphatic rings. The minimum Gasteiger partial charge on any atom is -0.550 e. The summed E-state index contributed by atoms with van der Waals surface area (Å²) in [6.45, 7) is 2.88. The molecule has 1 aliphatic heterocycles. The molecule has 1 aliphatic carbocycles. The zero-order valence-corrected chi connectivity index (χ0v) is 10.8. The molecule has 0 aromatic rings. The molecule has 1 amide bonds. The molecule has 0 N–H and O–H groups in total. The van der Waals surface area contributed by atoms with Crippen LogP contribution in [0.25, 0.3) is 0 Å². The summed E-state index contributed by atoms with van der Waals surface area (Å²) in [5.74, 6) is -1.43. The van der Waals surface area contributed by atoms with Crippen LogP contribution >= 0.6 is 0 Å². The first-order valence-electron chi connectivity index (χ1n) is 6.69. The van der Waals surface area contributed by atoms with Gasteiger partial charge in [-0.15, -0.1) is 0 Å². The Hall–Kier alpha value is -1.26. The second-order valence-electron chi connectivity index (χ2n) is 5.61. The largest absolute Gasteiger partial charge is 0.550 e. The molecule has 18 heavy (non-hydrogen) atoms. The Kier molecular flexibility index (Phi) is 3.78. The van der Waals surface area contributed by atoms with E-state index in [2.05, 4.69) is 0 Å². The number of carbonyl (C=O) groups excluding carboxylic acids is 2. The molecular weight excluding hydrogens is 234 g/mol. The molecule has 0 atom stereocenters. The standard InChI is InChI=1S/C13H21NO4/c1-13(6-2-3-7-13)18-12(17)14-8-4-10(5-9-14)11(15)16/h10H,2-9H2,1H3,(H,15,16)/p-1. The molecule has 5 nitrogen and oxygen atoms in total. The van der Waals surface area contributed by atoms with E-state index >= 15 is 0 Å². The second kappa shape index (κ2) is 5.16. The van der Waals surface area contributed by atoms with Gasteiger partial charge in [0.25, 0.3) is 0 Å². The van der Waals surface area contributed by atoms with Crippen molar-refractivity contribution in [3.8, 4) is 0 Å². The number of rotatable bonds is 2. The third-order valence-electron chi connectivity index (χ3n) is 4.08. The number of nitrogens with zero attached hydrogens (tertiary/aromatic N) is 1. The highest BCUT2D eigenvalue weighted by Crippen LogP contribution is 2.33. The minimum atomic E-state index is -1.01. The maximum atomic E-state index is 12.0. The van der Waals surface area contributed by atoms with Crippen molar-refractivity contribution in [3.05, 3.63) is 0 Å². The Morgan fingerprint density at radius 3 is 2.28 bits per heavy atom. The maximum Gasteiger partial charge on any atom is 0.410 e. The van der Waals surface area contributed by atoms with Crippen molar-refractivity contribution in [1.29, 1.82) is 0 Å². The van der Waals surface area contributed by atoms with Gasteiger partial charge in [-0.1, -0.05) is 0 Å². The summed E-state index contributed by atoms with van der Waals surface area (Å²) >= 11 is 0. The predicted molar refractivity (Wildman–Crippen MR) is 62.7 cm³/mol. The number of likely N-dealkylation sites (tertiary alicyclic amines) is 1. The number of carboxylic acid groups (broad SMARTS) is 1. The smallest absolute Gasteiger partial charge is 0.410 e. The molecule has 0 aromatic heterocycles. The number of aliphatic carboxylic acids is 1. The van der Waals surface area contributed by atoms with E-state index < -0.39 is 11.9 Å². The number of amides is 1. The fourth-order valence-electron chi connectivity index (χ4n) is 2.80. The highest BCUT2D eigenvalue weighted by Gasteiger charge is 2.35. The summed E-state index contributed by atoms with van der Waals surface area (Å²) in [6.07, 6.45) is 4.70. The number of hydrogen-bond donors (Lipinski definition) is 0. The Bertz CT molecular complexity index is 328. The number of hydrogen-bond acceptors (Lipinski definition) is 4. The summed E-state index contributed by atoms with van der Waals surface area (Å²) in [4.78, 5) is 24.3. The van der Waals surface area contributed by atoms with Crippen LogP contribution in [0.3, 0.4) is 0 Å². The molecule has 2 rings (SSSR count). The number of carbonyl (C=O) groups is 2. The minimum absolute atomic E-state index is 0.295. The second-order valence-corrected chi connectivity index (χ2v) is 5.61. The molecule has 1 saturated carbocycles. The van der Waals surface area contributed by atoms with E-state index in [-0.39, 0.29) is 11.7 Å². The molecule has 0 spiro atoms. The van der Waals surface area contributed by atoms with Crippen molar-refractivity contribution in [2.75, 3.05) is 13.1 Å². The van der Waals surface area contributed by atoms with Crippen LogP contribution in [0, 0.1) is 5.92 Å². The van der Waals surface area contributed by atoms with Crippen molar-refractivity contribution < 1.29 is 19.4 Å². The molecule has 0 unspecified atom stereocenters. The molecular formula is C13H20NO4-. The van der Waals surface area contributed by atoms with Gasteiger partial charge in [0.05, 0.1) is 0 Å². The summed E-state index contributed by atoms with van der Waals surface area (Å²) in [5.41, 5.74) is -0.317. The van der Waals surface area contributed by atoms with Gasteiger partial charge in [0.1, 0.15) is 5.60 Å². The van der Waals surface area contributed by atoms with Crippen LogP contribution in [0.4, 0.5) is 4.79 Å². The average Bonchev–Trinajstić information content (AvgIpc) is 2.76. The van der Waals surface area contributed by atoms with E-state index in [0.717, 1.165) is 25.7 Å². The third kappa shape index (κ3) is 2.94. The molecule has 5 heteroatoms. The summed E-state index contributed by atoms with van der Waals surface area (Å²) in [6, 6.07) is 0. The fraction of sp³-hybridized carbons (Fsp3) is 0.846. The SMILES string of the molecule is CC1(OC(=O)N2CCC(C(=O)[O-])CC2)CCCC1. The first-order valence-corrected chi connectivity index (χ1v) is 6.69. The van der Waals surface area contributed by atoms with Crippen molar-refractivity contribution >= 4 is 12.1 Å². The Labute approximate surface area is 107 Å². The zero-order valence-electron chi connectivity index (χ0n) is 10.8. The van der Waals surface area contributed by atoms with E-state index in [4.69, 9.17) is 4.74 Å². The van der Waals surface area contributed by atoms with Crippen LogP contribution < -0.4 is 5.11 Å². The molecule has 1 heterocycles. The van der Waals surface area contributed by atoms with Gasteiger partial charge in [0, 0.05) is 25.0 Å². The van der Waals surface area contributed by atoms with Gasteiger partial charge in [-0.25, -0.2) is 4.79 Å². The lowest BCUT2D eigenvalue weighted by atomic mass is 9.97. The normalized spacial score (nSPS) is 23.9. The summed E-state index contributed by atoms with van der Waals surface area (Å²) in [5, 5.41) is 10.7. The van der Waals surface area contributed by atoms with Gasteiger partial charge in [-0.3, -0.25) is 0 Å². The Morgan fingerprint density at radius 1 is 1.22 bits per heavy atom. The molecule has 1 saturated heterocycles. The average molecular weight is 254 g/mol. The van der Waals surface area contributed by atoms with Gasteiger partial charge in [-0.05, 0) is 45.4 Å². The van der Waals surface area contributed by atoms with E-state index in [1.807, 2.05) is 6.92 Å². The van der Waals surface area contributed by atoms with E-state index in [1.165, 1.54) is 0 Å². The molecule has 0 aromatic carbocycles. The lowest BCUT2D eigenvalue weighted by Gasteiger charge is -2.34. The highest BCUT2D eigenvalue weighted by molar-refractivity contribution is 5.70. The molecule has 0 bridgehead atoms. The van der Waals surface area contributed by atoms with E-state index in [1.54, 1.807) is 4.90 Å². The van der Waals surface area contributed by atoms with Crippen molar-refractivity contribution in [3.63, 3.8) is 0 Å². The fourth-order valence-corrected chi connectivity index (χ4v) is 2.80. The van der Waals surface area contributed by atoms with Crippen LogP contribution in [0.15, 0.2) is 0 Å². The van der Waals surface area contributed by atoms with Crippen LogP contribution in [0.5, 0.6) is 0 Å². The van der Waals surface area contributed by atoms with Crippen molar-refractivity contribution in [2.45, 2.75) is 51.0 Å². The summed E-state index contributed by atoms with van der Waals surface area (Å²) in [7, 11) is 0. The lowest BCUT2D eigenvalue weighted by molar-refractivity contribution is -0.312. The molecule has 102 valence electrons. The van der Waals surface area contributed by atoms with Crippen molar-refractivity contribution in [2.24, 2.45) is 5.92 Å². The number of piperidine rings is 1. The molecule has 0 radical (unpaired) electrons. The van der Waals surface area contributed by atoms with Gasteiger partial charge in [0.2, 0.25) is 0 Å². The first kappa shape index (κ1) is 13.2. The van der Waals surface area contributed by atoms with Crippen LogP contribution in [0.2, 0.25) is 0 Å². The predicted octanol–water partition coefficient (Wildman–Crippen LogP) is 0.918. The maximum absolute atomic E-state index is 12.0. The number of carboxylic acids is 1. The first-order chi connectivity index (χ1) is 8.50. The van der Waals surface area contributed by atoms with Crippen LogP contribution in [-0.2, 0) is 9.53 Å².